The van der Waals surface area contributed by atoms with Crippen LogP contribution in [-0.2, 0) is 11.2 Å². The van der Waals surface area contributed by atoms with Crippen molar-refractivity contribution < 1.29 is 4.79 Å². The zero-order chi connectivity index (χ0) is 10.6. The van der Waals surface area contributed by atoms with Gasteiger partial charge in [-0.1, -0.05) is 6.92 Å². The second-order valence-electron chi connectivity index (χ2n) is 3.46. The van der Waals surface area contributed by atoms with Crippen molar-refractivity contribution >= 4 is 5.78 Å². The molecule has 4 nitrogen and oxygen atoms in total. The van der Waals surface area contributed by atoms with E-state index in [1.54, 1.807) is 0 Å². The Morgan fingerprint density at radius 1 is 1.71 bits per heavy atom. The monoisotopic (exact) mass is 195 g/mol. The topological polar surface area (TPSA) is 60.9 Å². The van der Waals surface area contributed by atoms with Gasteiger partial charge in [-0.3, -0.25) is 9.48 Å². The van der Waals surface area contributed by atoms with Crippen molar-refractivity contribution in [2.45, 2.75) is 32.7 Å². The van der Waals surface area contributed by atoms with Gasteiger partial charge in [-0.25, -0.2) is 0 Å². The summed E-state index contributed by atoms with van der Waals surface area (Å²) in [6.45, 7) is 4.30. The molecule has 78 valence electrons. The van der Waals surface area contributed by atoms with Crippen LogP contribution in [0.15, 0.2) is 12.3 Å². The fourth-order valence-electron chi connectivity index (χ4n) is 1.18. The molecule has 0 aliphatic rings. The minimum atomic E-state index is 0.0272. The van der Waals surface area contributed by atoms with Crippen molar-refractivity contribution in [3.8, 4) is 0 Å². The molecule has 1 aromatic rings. The molecule has 1 aromatic heterocycles. The number of carbonyl (C=O) groups excluding carboxylic acids is 1. The molecule has 2 N–H and O–H groups in total. The molecule has 0 aliphatic carbocycles. The lowest BCUT2D eigenvalue weighted by Gasteiger charge is -2.07. The lowest BCUT2D eigenvalue weighted by atomic mass is 10.2. The second-order valence-corrected chi connectivity index (χ2v) is 3.46. The average molecular weight is 195 g/mol. The van der Waals surface area contributed by atoms with Gasteiger partial charge in [-0.15, -0.1) is 0 Å². The van der Waals surface area contributed by atoms with Crippen LogP contribution in [0.25, 0.3) is 0 Å². The third kappa shape index (κ3) is 2.67. The summed E-state index contributed by atoms with van der Waals surface area (Å²) in [5.41, 5.74) is 6.03. The molecule has 0 spiro atoms. The fraction of sp³-hybridized carbons (Fsp3) is 0.600. The van der Waals surface area contributed by atoms with Crippen molar-refractivity contribution in [1.82, 2.24) is 9.78 Å². The SMILES string of the molecule is CCC(C)n1ccc(CC(=O)CN)n1. The molecular formula is C10H17N3O. The molecular weight excluding hydrogens is 178 g/mol. The predicted octanol–water partition coefficient (Wildman–Crippen LogP) is 0.924. The average Bonchev–Trinajstić information content (AvgIpc) is 2.65. The van der Waals surface area contributed by atoms with Crippen LogP contribution < -0.4 is 5.73 Å². The number of Topliss-reactive ketones (excluding diaryl/α,β-unsaturated/α-hetero) is 1. The molecule has 0 saturated carbocycles. The van der Waals surface area contributed by atoms with Crippen molar-refractivity contribution in [2.24, 2.45) is 5.73 Å². The molecule has 0 aromatic carbocycles. The highest BCUT2D eigenvalue weighted by Gasteiger charge is 2.07. The highest BCUT2D eigenvalue weighted by atomic mass is 16.1. The maximum Gasteiger partial charge on any atom is 0.152 e. The van der Waals surface area contributed by atoms with Crippen LogP contribution in [0, 0.1) is 0 Å². The van der Waals surface area contributed by atoms with Crippen LogP contribution in [-0.4, -0.2) is 22.1 Å². The Labute approximate surface area is 84.1 Å². The lowest BCUT2D eigenvalue weighted by Crippen LogP contribution is -2.16. The summed E-state index contributed by atoms with van der Waals surface area (Å²) in [5.74, 6) is 0.0272. The summed E-state index contributed by atoms with van der Waals surface area (Å²) < 4.78 is 1.89. The van der Waals surface area contributed by atoms with Gasteiger partial charge in [-0.2, -0.15) is 5.10 Å². The summed E-state index contributed by atoms with van der Waals surface area (Å²) in [7, 11) is 0. The smallest absolute Gasteiger partial charge is 0.152 e. The number of nitrogens with two attached hydrogens (primary N) is 1. The van der Waals surface area contributed by atoms with Gasteiger partial charge in [0.15, 0.2) is 5.78 Å². The zero-order valence-corrected chi connectivity index (χ0v) is 8.73. The van der Waals surface area contributed by atoms with Crippen LogP contribution in [0.2, 0.25) is 0 Å². The Morgan fingerprint density at radius 3 is 3.00 bits per heavy atom. The first-order valence-electron chi connectivity index (χ1n) is 4.93. The van der Waals surface area contributed by atoms with Gasteiger partial charge in [0.25, 0.3) is 0 Å². The summed E-state index contributed by atoms with van der Waals surface area (Å²) >= 11 is 0. The van der Waals surface area contributed by atoms with E-state index in [4.69, 9.17) is 5.73 Å². The number of carbonyl (C=O) groups is 1. The van der Waals surface area contributed by atoms with Crippen LogP contribution in [0.3, 0.4) is 0 Å². The second kappa shape index (κ2) is 4.91. The van der Waals surface area contributed by atoms with Crippen molar-refractivity contribution in [3.05, 3.63) is 18.0 Å². The molecule has 1 rings (SSSR count). The van der Waals surface area contributed by atoms with Gasteiger partial charge in [0.05, 0.1) is 18.7 Å². The molecule has 0 aliphatic heterocycles. The molecule has 1 heterocycles. The molecule has 1 atom stereocenters. The first-order valence-corrected chi connectivity index (χ1v) is 4.93. The van der Waals surface area contributed by atoms with E-state index in [0.717, 1.165) is 12.1 Å². The minimum absolute atomic E-state index is 0.0272. The normalized spacial score (nSPS) is 12.8. The maximum absolute atomic E-state index is 11.1. The van der Waals surface area contributed by atoms with Gasteiger partial charge in [-0.05, 0) is 19.4 Å². The lowest BCUT2D eigenvalue weighted by molar-refractivity contribution is -0.117. The standard InChI is InChI=1S/C10H17N3O/c1-3-8(2)13-5-4-9(12-13)6-10(14)7-11/h4-5,8H,3,6-7,11H2,1-2H3. The number of nitrogens with zero attached hydrogens (tertiary/aromatic N) is 2. The van der Waals surface area contributed by atoms with E-state index in [2.05, 4.69) is 18.9 Å². The third-order valence-electron chi connectivity index (χ3n) is 2.31. The summed E-state index contributed by atoms with van der Waals surface area (Å²) in [6.07, 6.45) is 3.29. The number of ketones is 1. The number of hydrogen-bond acceptors (Lipinski definition) is 3. The fourth-order valence-corrected chi connectivity index (χ4v) is 1.18. The number of aromatic nitrogens is 2. The quantitative estimate of drug-likeness (QED) is 0.760. The highest BCUT2D eigenvalue weighted by Crippen LogP contribution is 2.09. The summed E-state index contributed by atoms with van der Waals surface area (Å²) in [5, 5.41) is 4.31. The van der Waals surface area contributed by atoms with Gasteiger partial charge >= 0.3 is 0 Å². The van der Waals surface area contributed by atoms with E-state index < -0.39 is 0 Å². The van der Waals surface area contributed by atoms with E-state index in [0.29, 0.717) is 12.5 Å². The van der Waals surface area contributed by atoms with E-state index in [9.17, 15) is 4.79 Å². The van der Waals surface area contributed by atoms with Crippen LogP contribution >= 0.6 is 0 Å². The molecule has 0 radical (unpaired) electrons. The number of rotatable bonds is 5. The van der Waals surface area contributed by atoms with Crippen molar-refractivity contribution in [2.75, 3.05) is 6.54 Å². The minimum Gasteiger partial charge on any atom is -0.324 e. The van der Waals surface area contributed by atoms with Crippen molar-refractivity contribution in [3.63, 3.8) is 0 Å². The van der Waals surface area contributed by atoms with Crippen LogP contribution in [0.4, 0.5) is 0 Å². The number of hydrogen-bond donors (Lipinski definition) is 1. The highest BCUT2D eigenvalue weighted by molar-refractivity contribution is 5.82. The Balaban J connectivity index is 2.63. The molecule has 14 heavy (non-hydrogen) atoms. The molecule has 0 amide bonds. The van der Waals surface area contributed by atoms with Gasteiger partial charge in [0, 0.05) is 12.2 Å². The molecule has 1 unspecified atom stereocenters. The van der Waals surface area contributed by atoms with E-state index in [-0.39, 0.29) is 12.3 Å². The first-order chi connectivity index (χ1) is 6.67. The molecule has 0 bridgehead atoms. The largest absolute Gasteiger partial charge is 0.324 e. The maximum atomic E-state index is 11.1. The summed E-state index contributed by atoms with van der Waals surface area (Å²) in [6, 6.07) is 2.26. The van der Waals surface area contributed by atoms with E-state index in [1.807, 2.05) is 16.9 Å². The van der Waals surface area contributed by atoms with Crippen LogP contribution in [0.5, 0.6) is 0 Å². The van der Waals surface area contributed by atoms with E-state index >= 15 is 0 Å². The molecule has 0 saturated heterocycles. The first kappa shape index (κ1) is 10.9. The van der Waals surface area contributed by atoms with Gasteiger partial charge < -0.3 is 5.73 Å². The Bertz CT molecular complexity index is 306. The van der Waals surface area contributed by atoms with E-state index in [1.165, 1.54) is 0 Å². The molecule has 4 heteroatoms. The Morgan fingerprint density at radius 2 is 2.43 bits per heavy atom. The zero-order valence-electron chi connectivity index (χ0n) is 8.73. The predicted molar refractivity (Wildman–Crippen MR) is 55.0 cm³/mol. The Kier molecular flexibility index (Phi) is 3.83. The van der Waals surface area contributed by atoms with Crippen LogP contribution in [0.1, 0.15) is 32.0 Å². The summed E-state index contributed by atoms with van der Waals surface area (Å²) in [4.78, 5) is 11.1. The Hall–Kier alpha value is -1.16. The van der Waals surface area contributed by atoms with Gasteiger partial charge in [0.1, 0.15) is 0 Å². The van der Waals surface area contributed by atoms with Gasteiger partial charge in [0.2, 0.25) is 0 Å². The third-order valence-corrected chi connectivity index (χ3v) is 2.31. The molecule has 0 fully saturated rings. The van der Waals surface area contributed by atoms with Crippen molar-refractivity contribution in [1.29, 1.82) is 0 Å².